The van der Waals surface area contributed by atoms with Crippen LogP contribution in [0.25, 0.3) is 0 Å². The van der Waals surface area contributed by atoms with E-state index in [9.17, 15) is 0 Å². The lowest BCUT2D eigenvalue weighted by Gasteiger charge is -2.00. The number of hydrogen-bond donors (Lipinski definition) is 0. The highest BCUT2D eigenvalue weighted by Gasteiger charge is 2.35. The van der Waals surface area contributed by atoms with E-state index in [1.54, 1.807) is 0 Å². The SMILES string of the molecule is CC=CC(C)C1CC1C. The Bertz CT molecular complexity index is 113. The van der Waals surface area contributed by atoms with Gasteiger partial charge >= 0.3 is 0 Å². The fraction of sp³-hybridized carbons (Fsp3) is 0.778. The summed E-state index contributed by atoms with van der Waals surface area (Å²) >= 11 is 0. The molecule has 1 aliphatic carbocycles. The van der Waals surface area contributed by atoms with Crippen molar-refractivity contribution in [1.29, 1.82) is 0 Å². The van der Waals surface area contributed by atoms with Gasteiger partial charge in [0.1, 0.15) is 0 Å². The van der Waals surface area contributed by atoms with E-state index in [-0.39, 0.29) is 0 Å². The summed E-state index contributed by atoms with van der Waals surface area (Å²) in [5, 5.41) is 0. The molecule has 1 saturated carbocycles. The maximum Gasteiger partial charge on any atom is -0.0231 e. The van der Waals surface area contributed by atoms with E-state index in [1.807, 2.05) is 0 Å². The first-order valence-corrected chi connectivity index (χ1v) is 3.88. The van der Waals surface area contributed by atoms with Crippen molar-refractivity contribution >= 4 is 0 Å². The molecule has 0 heteroatoms. The van der Waals surface area contributed by atoms with Gasteiger partial charge in [0.2, 0.25) is 0 Å². The van der Waals surface area contributed by atoms with Gasteiger partial charge in [0.15, 0.2) is 0 Å². The first-order chi connectivity index (χ1) is 4.25. The van der Waals surface area contributed by atoms with Crippen molar-refractivity contribution in [3.63, 3.8) is 0 Å². The maximum atomic E-state index is 2.34. The highest BCUT2D eigenvalue weighted by molar-refractivity contribution is 4.96. The quantitative estimate of drug-likeness (QED) is 0.496. The first kappa shape index (κ1) is 6.85. The Morgan fingerprint density at radius 1 is 1.56 bits per heavy atom. The van der Waals surface area contributed by atoms with E-state index in [1.165, 1.54) is 6.42 Å². The number of hydrogen-bond acceptors (Lipinski definition) is 0. The molecule has 0 aliphatic heterocycles. The van der Waals surface area contributed by atoms with Gasteiger partial charge in [0.05, 0.1) is 0 Å². The van der Waals surface area contributed by atoms with Gasteiger partial charge in [-0.2, -0.15) is 0 Å². The van der Waals surface area contributed by atoms with Crippen molar-refractivity contribution in [1.82, 2.24) is 0 Å². The Labute approximate surface area is 58.0 Å². The van der Waals surface area contributed by atoms with Gasteiger partial charge in [-0.15, -0.1) is 0 Å². The lowest BCUT2D eigenvalue weighted by atomic mass is 10.0. The van der Waals surface area contributed by atoms with Crippen LogP contribution in [0.1, 0.15) is 27.2 Å². The third kappa shape index (κ3) is 1.57. The third-order valence-electron chi connectivity index (χ3n) is 2.34. The fourth-order valence-electron chi connectivity index (χ4n) is 1.53. The van der Waals surface area contributed by atoms with E-state index in [4.69, 9.17) is 0 Å². The third-order valence-corrected chi connectivity index (χ3v) is 2.34. The Kier molecular flexibility index (Phi) is 1.94. The van der Waals surface area contributed by atoms with Gasteiger partial charge in [-0.25, -0.2) is 0 Å². The zero-order valence-corrected chi connectivity index (χ0v) is 6.59. The molecule has 1 rings (SSSR count). The lowest BCUT2D eigenvalue weighted by molar-refractivity contribution is 0.586. The van der Waals surface area contributed by atoms with Crippen LogP contribution >= 0.6 is 0 Å². The van der Waals surface area contributed by atoms with Crippen molar-refractivity contribution in [2.45, 2.75) is 27.2 Å². The summed E-state index contributed by atoms with van der Waals surface area (Å²) in [5.41, 5.74) is 0. The van der Waals surface area contributed by atoms with Crippen LogP contribution in [0.5, 0.6) is 0 Å². The molecule has 0 saturated heterocycles. The average Bonchev–Trinajstić information content (AvgIpc) is 2.47. The Morgan fingerprint density at radius 3 is 2.44 bits per heavy atom. The minimum atomic E-state index is 0.824. The minimum Gasteiger partial charge on any atom is -0.0914 e. The molecule has 0 aromatic heterocycles. The molecule has 0 spiro atoms. The van der Waals surface area contributed by atoms with Gasteiger partial charge < -0.3 is 0 Å². The highest BCUT2D eigenvalue weighted by atomic mass is 14.4. The molecule has 0 radical (unpaired) electrons. The maximum absolute atomic E-state index is 2.34. The van der Waals surface area contributed by atoms with Crippen LogP contribution in [0.2, 0.25) is 0 Å². The van der Waals surface area contributed by atoms with Gasteiger partial charge in [-0.1, -0.05) is 26.0 Å². The van der Waals surface area contributed by atoms with Crippen LogP contribution in [0.4, 0.5) is 0 Å². The summed E-state index contributed by atoms with van der Waals surface area (Å²) in [7, 11) is 0. The molecule has 52 valence electrons. The highest BCUT2D eigenvalue weighted by Crippen LogP contribution is 2.43. The van der Waals surface area contributed by atoms with Gasteiger partial charge in [0.25, 0.3) is 0 Å². The molecule has 0 heterocycles. The Hall–Kier alpha value is -0.260. The van der Waals surface area contributed by atoms with E-state index in [0.717, 1.165) is 17.8 Å². The lowest BCUT2D eigenvalue weighted by Crippen LogP contribution is -1.92. The normalized spacial score (nSPS) is 37.2. The van der Waals surface area contributed by atoms with Crippen LogP contribution in [0.3, 0.4) is 0 Å². The molecular weight excluding hydrogens is 108 g/mol. The van der Waals surface area contributed by atoms with Crippen molar-refractivity contribution in [3.8, 4) is 0 Å². The standard InChI is InChI=1S/C9H16/c1-4-5-7(2)9-6-8(9)3/h4-5,7-9H,6H2,1-3H3. The molecule has 0 aromatic carbocycles. The Morgan fingerprint density at radius 2 is 2.11 bits per heavy atom. The summed E-state index contributed by atoms with van der Waals surface area (Å²) < 4.78 is 0. The monoisotopic (exact) mass is 124 g/mol. The molecule has 0 bridgehead atoms. The molecule has 1 fully saturated rings. The molecule has 3 unspecified atom stereocenters. The summed E-state index contributed by atoms with van der Waals surface area (Å²) in [6.07, 6.45) is 5.93. The Balaban J connectivity index is 2.27. The number of allylic oxidation sites excluding steroid dienone is 2. The van der Waals surface area contributed by atoms with Crippen molar-refractivity contribution in [2.75, 3.05) is 0 Å². The molecule has 0 amide bonds. The fourth-order valence-corrected chi connectivity index (χ4v) is 1.53. The molecular formula is C9H16. The average molecular weight is 124 g/mol. The summed E-state index contributed by atoms with van der Waals surface area (Å²) in [6, 6.07) is 0. The van der Waals surface area contributed by atoms with E-state index in [2.05, 4.69) is 32.9 Å². The van der Waals surface area contributed by atoms with Gasteiger partial charge in [-0.3, -0.25) is 0 Å². The van der Waals surface area contributed by atoms with Crippen LogP contribution in [-0.2, 0) is 0 Å². The predicted molar refractivity (Wildman–Crippen MR) is 41.2 cm³/mol. The van der Waals surface area contributed by atoms with Crippen LogP contribution < -0.4 is 0 Å². The van der Waals surface area contributed by atoms with Gasteiger partial charge in [0, 0.05) is 0 Å². The van der Waals surface area contributed by atoms with Crippen LogP contribution in [0, 0.1) is 17.8 Å². The van der Waals surface area contributed by atoms with Crippen molar-refractivity contribution in [3.05, 3.63) is 12.2 Å². The first-order valence-electron chi connectivity index (χ1n) is 3.88. The second-order valence-corrected chi connectivity index (χ2v) is 3.26. The van der Waals surface area contributed by atoms with Crippen LogP contribution in [0.15, 0.2) is 12.2 Å². The van der Waals surface area contributed by atoms with Crippen molar-refractivity contribution in [2.24, 2.45) is 17.8 Å². The minimum absolute atomic E-state index is 0.824. The zero-order valence-electron chi connectivity index (χ0n) is 6.59. The zero-order chi connectivity index (χ0) is 6.85. The van der Waals surface area contributed by atoms with Crippen LogP contribution in [-0.4, -0.2) is 0 Å². The molecule has 3 atom stereocenters. The second-order valence-electron chi connectivity index (χ2n) is 3.26. The van der Waals surface area contributed by atoms with Gasteiger partial charge in [-0.05, 0) is 31.1 Å². The molecule has 0 N–H and O–H groups in total. The van der Waals surface area contributed by atoms with E-state index >= 15 is 0 Å². The largest absolute Gasteiger partial charge is 0.0914 e. The van der Waals surface area contributed by atoms with Crippen molar-refractivity contribution < 1.29 is 0 Å². The topological polar surface area (TPSA) is 0 Å². The molecule has 1 aliphatic rings. The predicted octanol–water partition coefficient (Wildman–Crippen LogP) is 2.85. The summed E-state index contributed by atoms with van der Waals surface area (Å²) in [5.74, 6) is 2.82. The summed E-state index contributed by atoms with van der Waals surface area (Å²) in [4.78, 5) is 0. The molecule has 9 heavy (non-hydrogen) atoms. The summed E-state index contributed by atoms with van der Waals surface area (Å²) in [6.45, 7) is 6.75. The molecule has 0 nitrogen and oxygen atoms in total. The smallest absolute Gasteiger partial charge is 0.0231 e. The van der Waals surface area contributed by atoms with E-state index < -0.39 is 0 Å². The van der Waals surface area contributed by atoms with E-state index in [0.29, 0.717) is 0 Å². The second kappa shape index (κ2) is 2.55. The number of rotatable bonds is 2. The molecule has 0 aromatic rings.